The van der Waals surface area contributed by atoms with E-state index in [1.807, 2.05) is 0 Å². The van der Waals surface area contributed by atoms with Crippen LogP contribution in [-0.4, -0.2) is 12.5 Å². The van der Waals surface area contributed by atoms with Crippen LogP contribution in [0, 0.1) is 17.2 Å². The highest BCUT2D eigenvalue weighted by molar-refractivity contribution is 5.94. The van der Waals surface area contributed by atoms with E-state index in [2.05, 4.69) is 5.32 Å². The summed E-state index contributed by atoms with van der Waals surface area (Å²) in [4.78, 5) is 11.9. The van der Waals surface area contributed by atoms with Crippen molar-refractivity contribution in [2.24, 2.45) is 11.3 Å². The number of carbonyl (C=O) groups is 1. The van der Waals surface area contributed by atoms with Gasteiger partial charge in [-0.15, -0.1) is 0 Å². The number of carbonyl (C=O) groups excluding carboxylic acids is 1. The molecule has 0 aromatic heterocycles. The van der Waals surface area contributed by atoms with Gasteiger partial charge in [-0.05, 0) is 49.1 Å². The van der Waals surface area contributed by atoms with Crippen molar-refractivity contribution in [1.29, 1.82) is 0 Å². The van der Waals surface area contributed by atoms with Gasteiger partial charge in [0.2, 0.25) is 0 Å². The van der Waals surface area contributed by atoms with Crippen molar-refractivity contribution in [1.82, 2.24) is 5.32 Å². The summed E-state index contributed by atoms with van der Waals surface area (Å²) in [6.07, 6.45) is -0.445. The van der Waals surface area contributed by atoms with E-state index in [0.29, 0.717) is 18.5 Å². The van der Waals surface area contributed by atoms with Gasteiger partial charge in [-0.2, -0.15) is 13.2 Å². The number of amides is 1. The van der Waals surface area contributed by atoms with Crippen LogP contribution in [0.1, 0.15) is 41.6 Å². The molecule has 2 aliphatic rings. The van der Waals surface area contributed by atoms with Crippen LogP contribution in [0.2, 0.25) is 0 Å². The number of rotatable bonds is 4. The first-order valence-corrected chi connectivity index (χ1v) is 6.97. The number of alkyl halides is 3. The average molecular weight is 301 g/mol. The quantitative estimate of drug-likeness (QED) is 0.843. The Kier molecular flexibility index (Phi) is 3.22. The molecule has 2 aliphatic carbocycles. The van der Waals surface area contributed by atoms with E-state index in [9.17, 15) is 22.4 Å². The minimum Gasteiger partial charge on any atom is -0.351 e. The molecule has 1 amide bonds. The van der Waals surface area contributed by atoms with Gasteiger partial charge in [-0.25, -0.2) is 4.39 Å². The van der Waals surface area contributed by atoms with Gasteiger partial charge in [0.1, 0.15) is 5.82 Å². The molecule has 6 heteroatoms. The Balaban J connectivity index is 1.72. The molecule has 0 heterocycles. The molecule has 0 radical (unpaired) electrons. The predicted octanol–water partition coefficient (Wildman–Crippen LogP) is 3.76. The van der Waals surface area contributed by atoms with E-state index in [1.165, 1.54) is 0 Å². The Labute approximate surface area is 119 Å². The molecule has 21 heavy (non-hydrogen) atoms. The zero-order chi connectivity index (χ0) is 15.3. The molecule has 0 unspecified atom stereocenters. The molecule has 0 atom stereocenters. The largest absolute Gasteiger partial charge is 0.419 e. The second-order valence-corrected chi connectivity index (χ2v) is 5.98. The zero-order valence-electron chi connectivity index (χ0n) is 11.3. The summed E-state index contributed by atoms with van der Waals surface area (Å²) in [7, 11) is 0. The maximum absolute atomic E-state index is 13.8. The highest BCUT2D eigenvalue weighted by Gasteiger charge is 2.53. The van der Waals surface area contributed by atoms with Crippen molar-refractivity contribution < 1.29 is 22.4 Å². The minimum absolute atomic E-state index is 0.119. The lowest BCUT2D eigenvalue weighted by Gasteiger charge is -2.16. The van der Waals surface area contributed by atoms with Crippen LogP contribution in [-0.2, 0) is 6.18 Å². The molecule has 1 aromatic rings. The van der Waals surface area contributed by atoms with E-state index >= 15 is 0 Å². The third kappa shape index (κ3) is 2.76. The van der Waals surface area contributed by atoms with Crippen molar-refractivity contribution in [3.63, 3.8) is 0 Å². The molecular formula is C15H15F4NO. The fourth-order valence-electron chi connectivity index (χ4n) is 2.86. The van der Waals surface area contributed by atoms with Crippen LogP contribution in [0.25, 0.3) is 0 Å². The van der Waals surface area contributed by atoms with E-state index in [1.54, 1.807) is 0 Å². The Morgan fingerprint density at radius 1 is 1.29 bits per heavy atom. The monoisotopic (exact) mass is 301 g/mol. The standard InChI is InChI=1S/C15H15F4NO/c16-12-10(2-1-3-11(12)15(17,18)19)13(21)20-8-14(6-7-14)9-4-5-9/h1-3,9H,4-8H2,(H,20,21). The SMILES string of the molecule is O=C(NCC1(C2CC2)CC1)c1cccc(C(F)(F)F)c1F. The summed E-state index contributed by atoms with van der Waals surface area (Å²) in [5.41, 5.74) is -1.83. The van der Waals surface area contributed by atoms with Crippen molar-refractivity contribution in [2.45, 2.75) is 31.9 Å². The molecule has 3 rings (SSSR count). The molecule has 114 valence electrons. The topological polar surface area (TPSA) is 29.1 Å². The molecule has 0 spiro atoms. The maximum atomic E-state index is 13.8. The van der Waals surface area contributed by atoms with Gasteiger partial charge in [-0.3, -0.25) is 4.79 Å². The summed E-state index contributed by atoms with van der Waals surface area (Å²) in [5.74, 6) is -1.66. The Hall–Kier alpha value is -1.59. The number of hydrogen-bond donors (Lipinski definition) is 1. The first kappa shape index (κ1) is 14.4. The molecule has 0 aliphatic heterocycles. The molecule has 2 saturated carbocycles. The number of hydrogen-bond acceptors (Lipinski definition) is 1. The fourth-order valence-corrected chi connectivity index (χ4v) is 2.86. The van der Waals surface area contributed by atoms with Crippen LogP contribution >= 0.6 is 0 Å². The van der Waals surface area contributed by atoms with Gasteiger partial charge < -0.3 is 5.32 Å². The van der Waals surface area contributed by atoms with E-state index in [0.717, 1.165) is 37.8 Å². The molecule has 2 fully saturated rings. The van der Waals surface area contributed by atoms with Crippen molar-refractivity contribution >= 4 is 5.91 Å². The van der Waals surface area contributed by atoms with Crippen molar-refractivity contribution in [3.05, 3.63) is 35.1 Å². The summed E-state index contributed by atoms with van der Waals surface area (Å²) >= 11 is 0. The van der Waals surface area contributed by atoms with Gasteiger partial charge in [0, 0.05) is 6.54 Å². The second kappa shape index (κ2) is 4.71. The van der Waals surface area contributed by atoms with Gasteiger partial charge in [0.25, 0.3) is 5.91 Å². The molecular weight excluding hydrogens is 286 g/mol. The maximum Gasteiger partial charge on any atom is 0.419 e. The first-order chi connectivity index (χ1) is 9.83. The van der Waals surface area contributed by atoms with Crippen LogP contribution < -0.4 is 5.32 Å². The molecule has 2 nitrogen and oxygen atoms in total. The van der Waals surface area contributed by atoms with E-state index in [-0.39, 0.29) is 5.41 Å². The second-order valence-electron chi connectivity index (χ2n) is 5.98. The Morgan fingerprint density at radius 3 is 2.48 bits per heavy atom. The predicted molar refractivity (Wildman–Crippen MR) is 68.1 cm³/mol. The van der Waals surface area contributed by atoms with E-state index in [4.69, 9.17) is 0 Å². The number of nitrogens with one attached hydrogen (secondary N) is 1. The molecule has 0 bridgehead atoms. The summed E-state index contributed by atoms with van der Waals surface area (Å²) in [6, 6.07) is 2.77. The number of halogens is 4. The van der Waals surface area contributed by atoms with Gasteiger partial charge in [-0.1, -0.05) is 6.07 Å². The first-order valence-electron chi connectivity index (χ1n) is 6.97. The Morgan fingerprint density at radius 2 is 1.95 bits per heavy atom. The summed E-state index contributed by atoms with van der Waals surface area (Å²) in [5, 5.41) is 2.60. The Bertz CT molecular complexity index is 574. The minimum atomic E-state index is -4.80. The smallest absolute Gasteiger partial charge is 0.351 e. The third-order valence-electron chi connectivity index (χ3n) is 4.49. The lowest BCUT2D eigenvalue weighted by Crippen LogP contribution is -2.32. The van der Waals surface area contributed by atoms with Crippen LogP contribution in [0.4, 0.5) is 17.6 Å². The lowest BCUT2D eigenvalue weighted by atomic mass is 10.0. The van der Waals surface area contributed by atoms with Crippen molar-refractivity contribution in [3.8, 4) is 0 Å². The van der Waals surface area contributed by atoms with Gasteiger partial charge >= 0.3 is 6.18 Å². The molecule has 0 saturated heterocycles. The third-order valence-corrected chi connectivity index (χ3v) is 4.49. The number of benzene rings is 1. The molecule has 1 N–H and O–H groups in total. The molecule has 1 aromatic carbocycles. The fraction of sp³-hybridized carbons (Fsp3) is 0.533. The summed E-state index contributed by atoms with van der Waals surface area (Å²) in [6.45, 7) is 0.423. The van der Waals surface area contributed by atoms with Crippen LogP contribution in [0.15, 0.2) is 18.2 Å². The van der Waals surface area contributed by atoms with Gasteiger partial charge in [0.05, 0.1) is 11.1 Å². The highest BCUT2D eigenvalue weighted by atomic mass is 19.4. The zero-order valence-corrected chi connectivity index (χ0v) is 11.3. The van der Waals surface area contributed by atoms with Crippen LogP contribution in [0.5, 0.6) is 0 Å². The van der Waals surface area contributed by atoms with Gasteiger partial charge in [0.15, 0.2) is 0 Å². The summed E-state index contributed by atoms with van der Waals surface area (Å²) < 4.78 is 51.7. The highest BCUT2D eigenvalue weighted by Crippen LogP contribution is 2.60. The normalized spacial score (nSPS) is 20.2. The van der Waals surface area contributed by atoms with Crippen molar-refractivity contribution in [2.75, 3.05) is 6.54 Å². The lowest BCUT2D eigenvalue weighted by molar-refractivity contribution is -0.140. The average Bonchev–Trinajstić information content (AvgIpc) is 3.25. The van der Waals surface area contributed by atoms with E-state index < -0.39 is 29.0 Å². The van der Waals surface area contributed by atoms with Crippen LogP contribution in [0.3, 0.4) is 0 Å².